The number of hydrogen-bond acceptors (Lipinski definition) is 6. The van der Waals surface area contributed by atoms with Crippen molar-refractivity contribution in [3.8, 4) is 0 Å². The highest BCUT2D eigenvalue weighted by Crippen LogP contribution is 2.28. The molecule has 1 amide bonds. The second-order valence-electron chi connectivity index (χ2n) is 7.96. The second kappa shape index (κ2) is 8.36. The van der Waals surface area contributed by atoms with Crippen LogP contribution in [0.15, 0.2) is 55.1 Å². The highest BCUT2D eigenvalue weighted by atomic mass is 16.2. The van der Waals surface area contributed by atoms with Crippen LogP contribution >= 0.6 is 0 Å². The smallest absolute Gasteiger partial charge is 0.244 e. The highest BCUT2D eigenvalue weighted by Gasteiger charge is 2.34. The second-order valence-corrected chi connectivity index (χ2v) is 7.96. The molecule has 1 unspecified atom stereocenters. The number of pyridine rings is 1. The summed E-state index contributed by atoms with van der Waals surface area (Å²) in [4.78, 5) is 33.3. The van der Waals surface area contributed by atoms with Gasteiger partial charge in [-0.1, -0.05) is 18.2 Å². The lowest BCUT2D eigenvalue weighted by Crippen LogP contribution is -2.52. The molecule has 5 rings (SSSR count). The summed E-state index contributed by atoms with van der Waals surface area (Å²) >= 11 is 0. The van der Waals surface area contributed by atoms with Crippen LogP contribution in [-0.2, 0) is 4.79 Å². The number of hydrogen-bond donors (Lipinski definition) is 0. The summed E-state index contributed by atoms with van der Waals surface area (Å²) in [5, 5.41) is 1.06. The first kappa shape index (κ1) is 18.9. The zero-order valence-electron chi connectivity index (χ0n) is 17.0. The summed E-state index contributed by atoms with van der Waals surface area (Å²) in [5.74, 6) is 1.15. The number of rotatable bonds is 4. The van der Waals surface area contributed by atoms with Gasteiger partial charge >= 0.3 is 0 Å². The topological polar surface area (TPSA) is 65.5 Å². The molecule has 0 radical (unpaired) electrons. The molecule has 2 saturated heterocycles. The fourth-order valence-electron chi connectivity index (χ4n) is 4.60. The fraction of sp³-hybridized carbons (Fsp3) is 0.391. The molecule has 0 aliphatic carbocycles. The minimum atomic E-state index is -0.229. The van der Waals surface area contributed by atoms with Crippen molar-refractivity contribution in [1.82, 2.24) is 24.8 Å². The lowest BCUT2D eigenvalue weighted by atomic mass is 10.1. The first-order chi connectivity index (χ1) is 14.8. The number of anilines is 1. The molecule has 4 heterocycles. The molecule has 0 saturated carbocycles. The van der Waals surface area contributed by atoms with Gasteiger partial charge in [0.25, 0.3) is 0 Å². The first-order valence-electron chi connectivity index (χ1n) is 10.7. The van der Waals surface area contributed by atoms with Crippen molar-refractivity contribution in [3.63, 3.8) is 0 Å². The van der Waals surface area contributed by atoms with Gasteiger partial charge in [-0.05, 0) is 49.7 Å². The molecule has 0 N–H and O–H groups in total. The maximum absolute atomic E-state index is 13.6. The number of aromatic nitrogens is 3. The monoisotopic (exact) mass is 402 g/mol. The molecular weight excluding hydrogens is 376 g/mol. The third kappa shape index (κ3) is 3.61. The zero-order chi connectivity index (χ0) is 20.3. The molecule has 7 heteroatoms. The first-order valence-corrected chi connectivity index (χ1v) is 10.7. The molecule has 30 heavy (non-hydrogen) atoms. The molecule has 0 bridgehead atoms. The summed E-state index contributed by atoms with van der Waals surface area (Å²) < 4.78 is 0. The number of fused-ring (bicyclic) bond motifs is 1. The normalized spacial score (nSPS) is 18.7. The lowest BCUT2D eigenvalue weighted by molar-refractivity contribution is -0.137. The Balaban J connectivity index is 1.33. The fourth-order valence-corrected chi connectivity index (χ4v) is 4.60. The van der Waals surface area contributed by atoms with Crippen molar-refractivity contribution in [2.75, 3.05) is 44.2 Å². The Kier molecular flexibility index (Phi) is 5.27. The van der Waals surface area contributed by atoms with E-state index in [1.807, 2.05) is 41.4 Å². The number of benzene rings is 1. The van der Waals surface area contributed by atoms with Crippen LogP contribution in [0.25, 0.3) is 10.9 Å². The Morgan fingerprint density at radius 2 is 1.70 bits per heavy atom. The van der Waals surface area contributed by atoms with Crippen molar-refractivity contribution in [2.24, 2.45) is 0 Å². The van der Waals surface area contributed by atoms with E-state index in [-0.39, 0.29) is 11.9 Å². The highest BCUT2D eigenvalue weighted by molar-refractivity contribution is 5.89. The van der Waals surface area contributed by atoms with E-state index in [0.717, 1.165) is 61.3 Å². The number of carbonyl (C=O) groups is 1. The summed E-state index contributed by atoms with van der Waals surface area (Å²) in [6.45, 7) is 4.87. The van der Waals surface area contributed by atoms with E-state index in [9.17, 15) is 4.79 Å². The minimum absolute atomic E-state index is 0.192. The van der Waals surface area contributed by atoms with Gasteiger partial charge in [0.15, 0.2) is 0 Å². The average Bonchev–Trinajstić information content (AvgIpc) is 3.34. The number of likely N-dealkylation sites (tertiary alicyclic amines) is 1. The van der Waals surface area contributed by atoms with Crippen molar-refractivity contribution < 1.29 is 4.79 Å². The minimum Gasteiger partial charge on any atom is -0.352 e. The van der Waals surface area contributed by atoms with Crippen molar-refractivity contribution in [1.29, 1.82) is 0 Å². The van der Waals surface area contributed by atoms with Crippen LogP contribution in [0.3, 0.4) is 0 Å². The van der Waals surface area contributed by atoms with Crippen LogP contribution < -0.4 is 4.90 Å². The van der Waals surface area contributed by atoms with E-state index in [1.54, 1.807) is 12.5 Å². The van der Waals surface area contributed by atoms with E-state index in [2.05, 4.69) is 30.8 Å². The SMILES string of the molecule is O=C(C(c1cccnc1)N1CCCC1)N1CCN(c2ncnc3ccccc23)CC1. The third-order valence-corrected chi connectivity index (χ3v) is 6.15. The maximum atomic E-state index is 13.6. The molecule has 7 nitrogen and oxygen atoms in total. The summed E-state index contributed by atoms with van der Waals surface area (Å²) in [7, 11) is 0. The van der Waals surface area contributed by atoms with Gasteiger partial charge in [-0.3, -0.25) is 14.7 Å². The number of carbonyl (C=O) groups excluding carboxylic acids is 1. The molecular formula is C23H26N6O. The number of piperazine rings is 1. The Morgan fingerprint density at radius 3 is 2.47 bits per heavy atom. The average molecular weight is 403 g/mol. The maximum Gasteiger partial charge on any atom is 0.244 e. The predicted molar refractivity (Wildman–Crippen MR) is 116 cm³/mol. The zero-order valence-corrected chi connectivity index (χ0v) is 17.0. The quantitative estimate of drug-likeness (QED) is 0.668. The number of amides is 1. The van der Waals surface area contributed by atoms with E-state index >= 15 is 0 Å². The summed E-state index contributed by atoms with van der Waals surface area (Å²) in [5.41, 5.74) is 1.94. The molecule has 2 aromatic heterocycles. The molecule has 2 aliphatic heterocycles. The summed E-state index contributed by atoms with van der Waals surface area (Å²) in [6, 6.07) is 11.8. The van der Waals surface area contributed by atoms with Crippen molar-refractivity contribution in [2.45, 2.75) is 18.9 Å². The van der Waals surface area contributed by atoms with Crippen LogP contribution in [0.2, 0.25) is 0 Å². The van der Waals surface area contributed by atoms with Crippen molar-refractivity contribution in [3.05, 3.63) is 60.7 Å². The molecule has 154 valence electrons. The molecule has 3 aromatic rings. The largest absolute Gasteiger partial charge is 0.352 e. The molecule has 1 atom stereocenters. The summed E-state index contributed by atoms with van der Waals surface area (Å²) in [6.07, 6.45) is 7.53. The van der Waals surface area contributed by atoms with Gasteiger partial charge in [-0.25, -0.2) is 9.97 Å². The van der Waals surface area contributed by atoms with E-state index < -0.39 is 0 Å². The van der Waals surface area contributed by atoms with Crippen LogP contribution in [0.4, 0.5) is 5.82 Å². The van der Waals surface area contributed by atoms with Gasteiger partial charge in [0, 0.05) is 44.0 Å². The number of para-hydroxylation sites is 1. The van der Waals surface area contributed by atoms with Gasteiger partial charge in [0.1, 0.15) is 18.2 Å². The molecule has 2 aliphatic rings. The van der Waals surface area contributed by atoms with Gasteiger partial charge in [-0.2, -0.15) is 0 Å². The van der Waals surface area contributed by atoms with Crippen LogP contribution in [-0.4, -0.2) is 69.9 Å². The Morgan fingerprint density at radius 1 is 0.900 bits per heavy atom. The molecule has 0 spiro atoms. The van der Waals surface area contributed by atoms with E-state index in [4.69, 9.17) is 0 Å². The third-order valence-electron chi connectivity index (χ3n) is 6.15. The lowest BCUT2D eigenvalue weighted by Gasteiger charge is -2.39. The van der Waals surface area contributed by atoms with E-state index in [1.165, 1.54) is 0 Å². The Hall–Kier alpha value is -3.06. The van der Waals surface area contributed by atoms with Gasteiger partial charge < -0.3 is 9.80 Å². The van der Waals surface area contributed by atoms with Crippen LogP contribution in [0, 0.1) is 0 Å². The van der Waals surface area contributed by atoms with Gasteiger partial charge in [0.2, 0.25) is 5.91 Å². The number of nitrogens with zero attached hydrogens (tertiary/aromatic N) is 6. The van der Waals surface area contributed by atoms with E-state index in [0.29, 0.717) is 13.1 Å². The van der Waals surface area contributed by atoms with Crippen molar-refractivity contribution >= 4 is 22.6 Å². The molecule has 2 fully saturated rings. The standard InChI is InChI=1S/C23H26N6O/c30-23(21(27-10-3-4-11-27)18-6-5-9-24-16-18)29-14-12-28(13-15-29)22-19-7-1-2-8-20(19)25-17-26-22/h1-2,5-9,16-17,21H,3-4,10-15H2. The van der Waals surface area contributed by atoms with Crippen LogP contribution in [0.1, 0.15) is 24.4 Å². The van der Waals surface area contributed by atoms with Crippen LogP contribution in [0.5, 0.6) is 0 Å². The molecule has 1 aromatic carbocycles. The Bertz CT molecular complexity index is 1010. The predicted octanol–water partition coefficient (Wildman–Crippen LogP) is 2.51. The van der Waals surface area contributed by atoms with Gasteiger partial charge in [-0.15, -0.1) is 0 Å². The Labute approximate surface area is 176 Å². The van der Waals surface area contributed by atoms with Gasteiger partial charge in [0.05, 0.1) is 5.52 Å².